The molecule has 0 aliphatic carbocycles. The molecule has 2 aliphatic rings. The molecule has 1 saturated heterocycles. The number of amides is 3. The predicted octanol–water partition coefficient (Wildman–Crippen LogP) is 4.32. The number of rotatable bonds is 8. The van der Waals surface area contributed by atoms with Gasteiger partial charge in [-0.2, -0.15) is 0 Å². The Bertz CT molecular complexity index is 1200. The van der Waals surface area contributed by atoms with Gasteiger partial charge >= 0.3 is 12.0 Å². The van der Waals surface area contributed by atoms with Crippen molar-refractivity contribution in [3.63, 3.8) is 0 Å². The lowest BCUT2D eigenvalue weighted by Gasteiger charge is -2.42. The SMILES string of the molecule is C=CCN1C(=O)N[C@@H](c2cccc(Cl)c2)C(C(=O)OCC)=C1CN1CCN(C(=O)c2cccs2)[C@H](C)C1. The van der Waals surface area contributed by atoms with Crippen molar-refractivity contribution in [3.8, 4) is 0 Å². The molecule has 3 amide bonds. The van der Waals surface area contributed by atoms with Crippen molar-refractivity contribution in [3.05, 3.63) is 81.2 Å². The summed E-state index contributed by atoms with van der Waals surface area (Å²) < 4.78 is 5.45. The predicted molar refractivity (Wildman–Crippen MR) is 145 cm³/mol. The van der Waals surface area contributed by atoms with Crippen LogP contribution in [0.15, 0.2) is 65.7 Å². The maximum absolute atomic E-state index is 13.3. The minimum atomic E-state index is -0.708. The van der Waals surface area contributed by atoms with Crippen LogP contribution in [-0.4, -0.2) is 78.0 Å². The Kier molecular flexibility index (Phi) is 8.68. The maximum atomic E-state index is 13.3. The number of benzene rings is 1. The highest BCUT2D eigenvalue weighted by atomic mass is 35.5. The number of halogens is 1. The minimum absolute atomic E-state index is 0.0277. The van der Waals surface area contributed by atoms with Crippen LogP contribution in [0.25, 0.3) is 0 Å². The van der Waals surface area contributed by atoms with Crippen LogP contribution in [0.2, 0.25) is 5.02 Å². The molecule has 0 radical (unpaired) electrons. The van der Waals surface area contributed by atoms with Crippen molar-refractivity contribution in [2.45, 2.75) is 25.9 Å². The van der Waals surface area contributed by atoms with E-state index in [0.717, 1.165) is 4.88 Å². The molecule has 0 unspecified atom stereocenters. The Hall–Kier alpha value is -3.14. The van der Waals surface area contributed by atoms with Crippen molar-refractivity contribution in [1.82, 2.24) is 20.0 Å². The molecular weight excluding hydrogens is 512 g/mol. The van der Waals surface area contributed by atoms with E-state index < -0.39 is 12.0 Å². The summed E-state index contributed by atoms with van der Waals surface area (Å²) in [5, 5.41) is 5.35. The molecule has 3 heterocycles. The molecule has 1 aromatic heterocycles. The zero-order valence-electron chi connectivity index (χ0n) is 21.0. The summed E-state index contributed by atoms with van der Waals surface area (Å²) in [7, 11) is 0. The highest BCUT2D eigenvalue weighted by Crippen LogP contribution is 2.33. The zero-order chi connectivity index (χ0) is 26.5. The number of hydrogen-bond donors (Lipinski definition) is 1. The molecule has 8 nitrogen and oxygen atoms in total. The van der Waals surface area contributed by atoms with Gasteiger partial charge in [0.05, 0.1) is 23.1 Å². The van der Waals surface area contributed by atoms with E-state index in [0.29, 0.717) is 48.0 Å². The van der Waals surface area contributed by atoms with Gasteiger partial charge in [0, 0.05) is 49.5 Å². The molecule has 2 aromatic rings. The lowest BCUT2D eigenvalue weighted by atomic mass is 9.94. The van der Waals surface area contributed by atoms with Crippen LogP contribution in [0.3, 0.4) is 0 Å². The number of piperazine rings is 1. The third-order valence-corrected chi connectivity index (χ3v) is 7.60. The average molecular weight is 543 g/mol. The van der Waals surface area contributed by atoms with Crippen molar-refractivity contribution >= 4 is 40.8 Å². The summed E-state index contributed by atoms with van der Waals surface area (Å²) in [6, 6.07) is 9.74. The van der Waals surface area contributed by atoms with Gasteiger partial charge in [0.2, 0.25) is 0 Å². The average Bonchev–Trinajstić information content (AvgIpc) is 3.41. The fraction of sp³-hybridized carbons (Fsp3) is 0.370. The summed E-state index contributed by atoms with van der Waals surface area (Å²) in [5.74, 6) is -0.462. The van der Waals surface area contributed by atoms with Gasteiger partial charge < -0.3 is 15.0 Å². The number of thiophene rings is 1. The molecule has 4 rings (SSSR count). The topological polar surface area (TPSA) is 82.2 Å². The van der Waals surface area contributed by atoms with Crippen molar-refractivity contribution in [2.24, 2.45) is 0 Å². The maximum Gasteiger partial charge on any atom is 0.338 e. The summed E-state index contributed by atoms with van der Waals surface area (Å²) in [5.41, 5.74) is 1.63. The fourth-order valence-electron chi connectivity index (χ4n) is 4.81. The molecule has 0 spiro atoms. The highest BCUT2D eigenvalue weighted by molar-refractivity contribution is 7.12. The molecule has 2 aliphatic heterocycles. The second-order valence-electron chi connectivity index (χ2n) is 8.98. The number of carbonyl (C=O) groups is 3. The molecule has 2 atom stereocenters. The first-order chi connectivity index (χ1) is 17.8. The molecule has 0 bridgehead atoms. The summed E-state index contributed by atoms with van der Waals surface area (Å²) >= 11 is 7.68. The van der Waals surface area contributed by atoms with E-state index in [1.54, 1.807) is 31.2 Å². The monoisotopic (exact) mass is 542 g/mol. The Morgan fingerprint density at radius 3 is 2.73 bits per heavy atom. The van der Waals surface area contributed by atoms with Gasteiger partial charge in [0.25, 0.3) is 5.91 Å². The van der Waals surface area contributed by atoms with Crippen LogP contribution in [0, 0.1) is 0 Å². The summed E-state index contributed by atoms with van der Waals surface area (Å²) in [6.45, 7) is 10.1. The summed E-state index contributed by atoms with van der Waals surface area (Å²) in [4.78, 5) is 45.8. The number of ether oxygens (including phenoxy) is 1. The number of nitrogens with zero attached hydrogens (tertiary/aromatic N) is 3. The van der Waals surface area contributed by atoms with Crippen molar-refractivity contribution in [1.29, 1.82) is 0 Å². The first-order valence-electron chi connectivity index (χ1n) is 12.2. The number of hydrogen-bond acceptors (Lipinski definition) is 6. The number of nitrogens with one attached hydrogen (secondary N) is 1. The first-order valence-corrected chi connectivity index (χ1v) is 13.5. The van der Waals surface area contributed by atoms with E-state index in [1.807, 2.05) is 35.4 Å². The molecule has 1 aromatic carbocycles. The van der Waals surface area contributed by atoms with E-state index in [1.165, 1.54) is 16.2 Å². The molecule has 1 N–H and O–H groups in total. The van der Waals surface area contributed by atoms with Gasteiger partial charge in [0.1, 0.15) is 0 Å². The summed E-state index contributed by atoms with van der Waals surface area (Å²) in [6.07, 6.45) is 1.63. The molecule has 0 saturated carbocycles. The third-order valence-electron chi connectivity index (χ3n) is 6.51. The van der Waals surface area contributed by atoms with Gasteiger partial charge in [-0.15, -0.1) is 17.9 Å². The molecule has 1 fully saturated rings. The van der Waals surface area contributed by atoms with Crippen LogP contribution in [0.1, 0.15) is 35.1 Å². The largest absolute Gasteiger partial charge is 0.463 e. The van der Waals surface area contributed by atoms with E-state index in [2.05, 4.69) is 16.8 Å². The van der Waals surface area contributed by atoms with E-state index >= 15 is 0 Å². The standard InChI is InChI=1S/C27H31ClN4O4S/c1-4-11-32-21(17-30-12-13-31(18(3)16-30)25(33)22-10-7-14-37-22)23(26(34)36-5-2)24(29-27(32)35)19-8-6-9-20(28)15-19/h4,6-10,14-15,18,24H,1,5,11-13,16-17H2,2-3H3,(H,29,35)/t18-,24+/m1/s1. The van der Waals surface area contributed by atoms with Gasteiger partial charge in [-0.25, -0.2) is 9.59 Å². The molecule has 37 heavy (non-hydrogen) atoms. The van der Waals surface area contributed by atoms with E-state index in [9.17, 15) is 14.4 Å². The van der Waals surface area contributed by atoms with Crippen LogP contribution < -0.4 is 5.32 Å². The molecular formula is C27H31ClN4O4S. The lowest BCUT2D eigenvalue weighted by molar-refractivity contribution is -0.139. The second-order valence-corrected chi connectivity index (χ2v) is 10.4. The minimum Gasteiger partial charge on any atom is -0.463 e. The van der Waals surface area contributed by atoms with Gasteiger partial charge in [-0.3, -0.25) is 14.6 Å². The number of urea groups is 1. The Morgan fingerprint density at radius 2 is 2.08 bits per heavy atom. The van der Waals surface area contributed by atoms with Crippen LogP contribution in [-0.2, 0) is 9.53 Å². The van der Waals surface area contributed by atoms with Crippen LogP contribution in [0.5, 0.6) is 0 Å². The highest BCUT2D eigenvalue weighted by Gasteiger charge is 2.39. The van der Waals surface area contributed by atoms with E-state index in [4.69, 9.17) is 16.3 Å². The van der Waals surface area contributed by atoms with Gasteiger partial charge in [-0.1, -0.05) is 35.9 Å². The van der Waals surface area contributed by atoms with Crippen molar-refractivity contribution < 1.29 is 19.1 Å². The fourth-order valence-corrected chi connectivity index (χ4v) is 5.69. The zero-order valence-corrected chi connectivity index (χ0v) is 22.6. The van der Waals surface area contributed by atoms with Gasteiger partial charge in [-0.05, 0) is 43.0 Å². The molecule has 10 heteroatoms. The van der Waals surface area contributed by atoms with Crippen LogP contribution >= 0.6 is 22.9 Å². The van der Waals surface area contributed by atoms with Crippen molar-refractivity contribution in [2.75, 3.05) is 39.3 Å². The Labute approximate surface area is 226 Å². The van der Waals surface area contributed by atoms with Gasteiger partial charge in [0.15, 0.2) is 0 Å². The Balaban J connectivity index is 1.67. The first kappa shape index (κ1) is 26.9. The van der Waals surface area contributed by atoms with E-state index in [-0.39, 0.29) is 31.1 Å². The Morgan fingerprint density at radius 1 is 1.27 bits per heavy atom. The number of carbonyl (C=O) groups excluding carboxylic acids is 3. The number of esters is 1. The quantitative estimate of drug-likeness (QED) is 0.397. The molecule has 196 valence electrons. The second kappa shape index (κ2) is 11.9. The normalized spacial score (nSPS) is 20.6. The lowest BCUT2D eigenvalue weighted by Crippen LogP contribution is -2.56. The third kappa shape index (κ3) is 5.89. The van der Waals surface area contributed by atoms with Crippen LogP contribution in [0.4, 0.5) is 4.79 Å². The smallest absolute Gasteiger partial charge is 0.338 e.